The fourth-order valence-corrected chi connectivity index (χ4v) is 3.90. The third-order valence-electron chi connectivity index (χ3n) is 5.03. The fourth-order valence-electron chi connectivity index (χ4n) is 3.90. The van der Waals surface area contributed by atoms with Crippen LogP contribution < -0.4 is 14.2 Å². The van der Waals surface area contributed by atoms with Gasteiger partial charge in [-0.25, -0.2) is 0 Å². The van der Waals surface area contributed by atoms with Gasteiger partial charge in [-0.15, -0.1) is 0 Å². The van der Waals surface area contributed by atoms with Crippen molar-refractivity contribution < 1.29 is 14.2 Å². The van der Waals surface area contributed by atoms with Crippen LogP contribution in [-0.4, -0.2) is 31.3 Å². The summed E-state index contributed by atoms with van der Waals surface area (Å²) in [6.45, 7) is 0. The van der Waals surface area contributed by atoms with E-state index in [0.29, 0.717) is 0 Å². The van der Waals surface area contributed by atoms with Gasteiger partial charge in [-0.1, -0.05) is 18.2 Å². The molecule has 0 aliphatic rings. The summed E-state index contributed by atoms with van der Waals surface area (Å²) in [6.07, 6.45) is 0. The van der Waals surface area contributed by atoms with Crippen LogP contribution in [0.15, 0.2) is 42.5 Å². The first-order valence-electron chi connectivity index (χ1n) is 8.40. The van der Waals surface area contributed by atoms with Gasteiger partial charge in [-0.3, -0.25) is 0 Å². The molecule has 5 heteroatoms. The van der Waals surface area contributed by atoms with Crippen LogP contribution in [0, 0.1) is 0 Å². The molecule has 26 heavy (non-hydrogen) atoms. The maximum atomic E-state index is 5.82. The quantitative estimate of drug-likeness (QED) is 0.484. The van der Waals surface area contributed by atoms with Crippen molar-refractivity contribution >= 4 is 43.6 Å². The highest BCUT2D eigenvalue weighted by molar-refractivity contribution is 6.26. The Bertz CT molecular complexity index is 1300. The second kappa shape index (κ2) is 5.33. The van der Waals surface area contributed by atoms with E-state index in [1.165, 1.54) is 0 Å². The van der Waals surface area contributed by atoms with E-state index in [1.807, 2.05) is 30.3 Å². The van der Waals surface area contributed by atoms with Gasteiger partial charge in [-0.05, 0) is 24.3 Å². The van der Waals surface area contributed by atoms with E-state index >= 15 is 0 Å². The molecule has 0 atom stereocenters. The molecule has 0 bridgehead atoms. The minimum absolute atomic E-state index is 0.722. The number of H-pyrrole nitrogens is 2. The number of rotatable bonds is 3. The largest absolute Gasteiger partial charge is 0.497 e. The van der Waals surface area contributed by atoms with Gasteiger partial charge in [0.15, 0.2) is 11.5 Å². The van der Waals surface area contributed by atoms with Crippen molar-refractivity contribution in [3.8, 4) is 17.2 Å². The van der Waals surface area contributed by atoms with E-state index in [0.717, 1.165) is 60.9 Å². The average molecular weight is 346 g/mol. The number of hydrogen-bond acceptors (Lipinski definition) is 3. The summed E-state index contributed by atoms with van der Waals surface area (Å²) in [7, 11) is 5.03. The van der Waals surface area contributed by atoms with Crippen molar-refractivity contribution in [3.05, 3.63) is 42.5 Å². The molecular weight excluding hydrogens is 328 g/mol. The molecule has 130 valence electrons. The Balaban J connectivity index is 2.09. The maximum absolute atomic E-state index is 5.82. The number of hydrogen-bond donors (Lipinski definition) is 2. The molecule has 5 rings (SSSR count). The van der Waals surface area contributed by atoms with E-state index in [1.54, 1.807) is 21.3 Å². The number of benzene rings is 3. The molecule has 0 saturated carbocycles. The van der Waals surface area contributed by atoms with Crippen molar-refractivity contribution in [3.63, 3.8) is 0 Å². The van der Waals surface area contributed by atoms with Crippen molar-refractivity contribution in [2.45, 2.75) is 0 Å². The maximum Gasteiger partial charge on any atom is 0.171 e. The van der Waals surface area contributed by atoms with Gasteiger partial charge in [0.1, 0.15) is 5.75 Å². The Hall–Kier alpha value is -3.34. The van der Waals surface area contributed by atoms with Gasteiger partial charge in [0.25, 0.3) is 0 Å². The first kappa shape index (κ1) is 15.0. The van der Waals surface area contributed by atoms with Crippen LogP contribution >= 0.6 is 0 Å². The van der Waals surface area contributed by atoms with Crippen LogP contribution in [0.5, 0.6) is 17.2 Å². The number of aromatic nitrogens is 2. The summed E-state index contributed by atoms with van der Waals surface area (Å²) in [5, 5.41) is 4.15. The molecule has 3 aromatic carbocycles. The number of ether oxygens (including phenoxy) is 3. The lowest BCUT2D eigenvalue weighted by molar-refractivity contribution is 0.362. The van der Waals surface area contributed by atoms with Crippen LogP contribution in [0.3, 0.4) is 0 Å². The highest BCUT2D eigenvalue weighted by Crippen LogP contribution is 2.48. The molecule has 2 heterocycles. The van der Waals surface area contributed by atoms with E-state index in [2.05, 4.69) is 22.1 Å². The van der Waals surface area contributed by atoms with Crippen molar-refractivity contribution in [2.24, 2.45) is 0 Å². The number of para-hydroxylation sites is 1. The Morgan fingerprint density at radius 2 is 1.27 bits per heavy atom. The summed E-state index contributed by atoms with van der Waals surface area (Å²) in [6, 6.07) is 14.2. The van der Waals surface area contributed by atoms with Crippen molar-refractivity contribution in [1.29, 1.82) is 0 Å². The molecule has 5 aromatic rings. The molecule has 0 aliphatic heterocycles. The topological polar surface area (TPSA) is 59.3 Å². The molecule has 0 amide bonds. The predicted octanol–water partition coefficient (Wildman–Crippen LogP) is 4.98. The first-order valence-corrected chi connectivity index (χ1v) is 8.40. The second-order valence-corrected chi connectivity index (χ2v) is 6.27. The van der Waals surface area contributed by atoms with Gasteiger partial charge < -0.3 is 24.2 Å². The number of methoxy groups -OCH3 is 3. The van der Waals surface area contributed by atoms with Crippen LogP contribution in [0.1, 0.15) is 0 Å². The summed E-state index contributed by atoms with van der Waals surface area (Å²) in [5.41, 5.74) is 4.09. The molecular formula is C21H18N2O3. The standard InChI is InChI=1S/C21H18N2O3/c1-24-11-8-9-15-13(10-11)17-19(23-15)18-16(20(25-2)21(17)26-3)12-6-4-5-7-14(12)22-18/h4-10,22-23H,1-3H3. The normalized spacial score (nSPS) is 11.7. The molecule has 0 fully saturated rings. The lowest BCUT2D eigenvalue weighted by Gasteiger charge is -2.11. The monoisotopic (exact) mass is 346 g/mol. The predicted molar refractivity (Wildman–Crippen MR) is 105 cm³/mol. The van der Waals surface area contributed by atoms with E-state index in [9.17, 15) is 0 Å². The van der Waals surface area contributed by atoms with E-state index in [4.69, 9.17) is 14.2 Å². The summed E-state index contributed by atoms with van der Waals surface area (Å²) in [4.78, 5) is 7.08. The van der Waals surface area contributed by atoms with Crippen molar-refractivity contribution in [1.82, 2.24) is 9.97 Å². The van der Waals surface area contributed by atoms with Gasteiger partial charge in [0.05, 0.1) is 43.1 Å². The molecule has 0 spiro atoms. The van der Waals surface area contributed by atoms with Gasteiger partial charge >= 0.3 is 0 Å². The molecule has 2 N–H and O–H groups in total. The SMILES string of the molecule is COc1ccc2[nH]c3c4[nH]c5ccccc5c4c(OC)c(OC)c3c2c1. The summed E-state index contributed by atoms with van der Waals surface area (Å²) >= 11 is 0. The minimum Gasteiger partial charge on any atom is -0.497 e. The molecule has 0 radical (unpaired) electrons. The van der Waals surface area contributed by atoms with Crippen molar-refractivity contribution in [2.75, 3.05) is 21.3 Å². The molecule has 0 aliphatic carbocycles. The average Bonchev–Trinajstić information content (AvgIpc) is 3.25. The van der Waals surface area contributed by atoms with Gasteiger partial charge in [0, 0.05) is 21.8 Å². The highest BCUT2D eigenvalue weighted by Gasteiger charge is 2.23. The Labute approximate surface area is 149 Å². The number of fused-ring (bicyclic) bond motifs is 7. The zero-order valence-electron chi connectivity index (χ0n) is 14.8. The third kappa shape index (κ3) is 1.80. The summed E-state index contributed by atoms with van der Waals surface area (Å²) in [5.74, 6) is 2.26. The van der Waals surface area contributed by atoms with Crippen LogP contribution in [0.2, 0.25) is 0 Å². The Morgan fingerprint density at radius 1 is 0.654 bits per heavy atom. The zero-order valence-corrected chi connectivity index (χ0v) is 14.8. The van der Waals surface area contributed by atoms with Gasteiger partial charge in [-0.2, -0.15) is 0 Å². The first-order chi connectivity index (χ1) is 12.8. The summed E-state index contributed by atoms with van der Waals surface area (Å²) < 4.78 is 17.0. The van der Waals surface area contributed by atoms with E-state index < -0.39 is 0 Å². The zero-order chi connectivity index (χ0) is 17.8. The smallest absolute Gasteiger partial charge is 0.171 e. The lowest BCUT2D eigenvalue weighted by atomic mass is 10.1. The van der Waals surface area contributed by atoms with Gasteiger partial charge in [0.2, 0.25) is 0 Å². The molecule has 2 aromatic heterocycles. The molecule has 5 nitrogen and oxygen atoms in total. The van der Waals surface area contributed by atoms with Crippen LogP contribution in [0.25, 0.3) is 43.6 Å². The lowest BCUT2D eigenvalue weighted by Crippen LogP contribution is -1.92. The Kier molecular flexibility index (Phi) is 3.06. The van der Waals surface area contributed by atoms with Crippen LogP contribution in [-0.2, 0) is 0 Å². The Morgan fingerprint density at radius 3 is 1.92 bits per heavy atom. The van der Waals surface area contributed by atoms with Crippen LogP contribution in [0.4, 0.5) is 0 Å². The second-order valence-electron chi connectivity index (χ2n) is 6.27. The molecule has 0 saturated heterocycles. The third-order valence-corrected chi connectivity index (χ3v) is 5.03. The van der Waals surface area contributed by atoms with E-state index in [-0.39, 0.29) is 0 Å². The number of nitrogens with one attached hydrogen (secondary N) is 2. The minimum atomic E-state index is 0.722. The fraction of sp³-hybridized carbons (Fsp3) is 0.143. The number of aromatic amines is 2. The highest BCUT2D eigenvalue weighted by atomic mass is 16.5. The molecule has 0 unspecified atom stereocenters.